The molecular formula is C17H16BrN3O2. The fourth-order valence-corrected chi connectivity index (χ4v) is 2.91. The van der Waals surface area contributed by atoms with Crippen LogP contribution in [-0.2, 0) is 12.8 Å². The second-order valence-corrected chi connectivity index (χ2v) is 6.88. The fourth-order valence-electron chi connectivity index (χ4n) is 2.51. The van der Waals surface area contributed by atoms with Crippen LogP contribution >= 0.6 is 15.9 Å². The molecule has 6 heteroatoms. The molecule has 23 heavy (non-hydrogen) atoms. The van der Waals surface area contributed by atoms with Crippen molar-refractivity contribution in [3.63, 3.8) is 0 Å². The van der Waals surface area contributed by atoms with Gasteiger partial charge in [0, 0.05) is 10.4 Å². The van der Waals surface area contributed by atoms with Crippen LogP contribution in [0.25, 0.3) is 0 Å². The molecule has 0 aliphatic heterocycles. The summed E-state index contributed by atoms with van der Waals surface area (Å²) in [5, 5.41) is 4.04. The molecule has 1 aromatic carbocycles. The molecule has 0 unspecified atom stereocenters. The lowest BCUT2D eigenvalue weighted by molar-refractivity contribution is 0.378. The van der Waals surface area contributed by atoms with E-state index in [1.807, 2.05) is 6.07 Å². The van der Waals surface area contributed by atoms with Crippen molar-refractivity contribution in [3.05, 3.63) is 63.4 Å². The van der Waals surface area contributed by atoms with E-state index in [1.54, 1.807) is 6.20 Å². The van der Waals surface area contributed by atoms with Gasteiger partial charge in [0.25, 0.3) is 0 Å². The van der Waals surface area contributed by atoms with Crippen LogP contribution in [0, 0.1) is 6.92 Å². The highest BCUT2D eigenvalue weighted by Crippen LogP contribution is 2.39. The lowest BCUT2D eigenvalue weighted by Crippen LogP contribution is -1.93. The monoisotopic (exact) mass is 373 g/mol. The molecule has 0 spiro atoms. The van der Waals surface area contributed by atoms with Crippen molar-refractivity contribution in [2.75, 3.05) is 0 Å². The maximum atomic E-state index is 5.73. The van der Waals surface area contributed by atoms with E-state index < -0.39 is 0 Å². The first-order chi connectivity index (χ1) is 11.2. The third-order valence-electron chi connectivity index (χ3n) is 3.99. The zero-order valence-corrected chi connectivity index (χ0v) is 14.3. The van der Waals surface area contributed by atoms with Crippen molar-refractivity contribution >= 4 is 15.9 Å². The molecule has 0 bridgehead atoms. The minimum absolute atomic E-state index is 0.515. The third kappa shape index (κ3) is 3.37. The smallest absolute Gasteiger partial charge is 0.231 e. The molecule has 4 rings (SSSR count). The Kier molecular flexibility index (Phi) is 3.77. The Morgan fingerprint density at radius 2 is 2.13 bits per heavy atom. The number of hydrogen-bond donors (Lipinski definition) is 0. The van der Waals surface area contributed by atoms with E-state index in [9.17, 15) is 0 Å². The lowest BCUT2D eigenvalue weighted by atomic mass is 10.1. The van der Waals surface area contributed by atoms with Crippen molar-refractivity contribution in [2.24, 2.45) is 0 Å². The number of oxazole rings is 1. The largest absolute Gasteiger partial charge is 0.445 e. The van der Waals surface area contributed by atoms with Gasteiger partial charge in [0.1, 0.15) is 5.76 Å². The van der Waals surface area contributed by atoms with Gasteiger partial charge in [-0.2, -0.15) is 4.98 Å². The summed E-state index contributed by atoms with van der Waals surface area (Å²) < 4.78 is 12.1. The summed E-state index contributed by atoms with van der Waals surface area (Å²) in [5.74, 6) is 3.39. The van der Waals surface area contributed by atoms with Gasteiger partial charge in [-0.3, -0.25) is 0 Å². The Morgan fingerprint density at radius 3 is 2.96 bits per heavy atom. The first-order valence-electron chi connectivity index (χ1n) is 7.68. The number of aromatic nitrogens is 3. The topological polar surface area (TPSA) is 65.0 Å². The van der Waals surface area contributed by atoms with Crippen molar-refractivity contribution in [1.82, 2.24) is 15.1 Å². The highest BCUT2D eigenvalue weighted by Gasteiger charge is 2.28. The molecule has 3 aromatic rings. The van der Waals surface area contributed by atoms with Crippen LogP contribution in [0.1, 0.15) is 53.3 Å². The van der Waals surface area contributed by atoms with Crippen LogP contribution in [0.4, 0.5) is 0 Å². The fraction of sp³-hybridized carbons (Fsp3) is 0.353. The molecule has 2 aromatic heterocycles. The van der Waals surface area contributed by atoms with Gasteiger partial charge in [0.2, 0.25) is 5.89 Å². The van der Waals surface area contributed by atoms with Crippen molar-refractivity contribution in [3.8, 4) is 0 Å². The van der Waals surface area contributed by atoms with Crippen LogP contribution in [-0.4, -0.2) is 15.1 Å². The van der Waals surface area contributed by atoms with E-state index in [0.717, 1.165) is 16.1 Å². The molecule has 2 heterocycles. The molecule has 0 saturated heterocycles. The highest BCUT2D eigenvalue weighted by molar-refractivity contribution is 9.10. The quantitative estimate of drug-likeness (QED) is 0.670. The van der Waals surface area contributed by atoms with E-state index >= 15 is 0 Å². The van der Waals surface area contributed by atoms with Crippen molar-refractivity contribution in [2.45, 2.75) is 38.5 Å². The van der Waals surface area contributed by atoms with E-state index in [2.05, 4.69) is 50.1 Å². The SMILES string of the molecule is Cc1ccc(Br)cc1Cc1nc(Cc2cnc(C3CC3)o2)no1. The minimum Gasteiger partial charge on any atom is -0.445 e. The van der Waals surface area contributed by atoms with Gasteiger partial charge in [0.15, 0.2) is 11.7 Å². The predicted molar refractivity (Wildman–Crippen MR) is 87.3 cm³/mol. The molecule has 1 fully saturated rings. The summed E-state index contributed by atoms with van der Waals surface area (Å²) in [6, 6.07) is 6.18. The molecule has 1 saturated carbocycles. The average molecular weight is 374 g/mol. The summed E-state index contributed by atoms with van der Waals surface area (Å²) in [4.78, 5) is 8.77. The number of rotatable bonds is 5. The van der Waals surface area contributed by atoms with Crippen LogP contribution < -0.4 is 0 Å². The second-order valence-electron chi connectivity index (χ2n) is 5.97. The van der Waals surface area contributed by atoms with E-state index in [0.29, 0.717) is 30.5 Å². The number of aryl methyl sites for hydroxylation is 1. The van der Waals surface area contributed by atoms with Gasteiger partial charge in [-0.25, -0.2) is 4.98 Å². The zero-order chi connectivity index (χ0) is 15.8. The number of benzene rings is 1. The van der Waals surface area contributed by atoms with E-state index in [-0.39, 0.29) is 0 Å². The second kappa shape index (κ2) is 5.92. The molecular weight excluding hydrogens is 358 g/mol. The van der Waals surface area contributed by atoms with Crippen LogP contribution in [0.2, 0.25) is 0 Å². The van der Waals surface area contributed by atoms with Gasteiger partial charge >= 0.3 is 0 Å². The van der Waals surface area contributed by atoms with E-state index in [4.69, 9.17) is 8.94 Å². The Morgan fingerprint density at radius 1 is 1.26 bits per heavy atom. The molecule has 1 aliphatic rings. The Labute approximate surface area is 142 Å². The molecule has 118 valence electrons. The van der Waals surface area contributed by atoms with Gasteiger partial charge in [-0.05, 0) is 43.0 Å². The summed E-state index contributed by atoms with van der Waals surface area (Å²) in [6.07, 6.45) is 5.27. The Balaban J connectivity index is 1.46. The Bertz CT molecular complexity index is 836. The molecule has 0 N–H and O–H groups in total. The molecule has 1 aliphatic carbocycles. The van der Waals surface area contributed by atoms with Crippen molar-refractivity contribution in [1.29, 1.82) is 0 Å². The molecule has 5 nitrogen and oxygen atoms in total. The average Bonchev–Trinajstić information content (AvgIpc) is 3.13. The molecule has 0 atom stereocenters. The van der Waals surface area contributed by atoms with Crippen LogP contribution in [0.5, 0.6) is 0 Å². The summed E-state index contributed by atoms with van der Waals surface area (Å²) >= 11 is 3.49. The standard InChI is InChI=1S/C17H16BrN3O2/c1-10-2-5-13(18)6-12(10)7-16-20-15(21-23-16)8-14-9-19-17(22-14)11-3-4-11/h2,5-6,9,11H,3-4,7-8H2,1H3. The maximum absolute atomic E-state index is 5.73. The zero-order valence-electron chi connectivity index (χ0n) is 12.8. The van der Waals surface area contributed by atoms with Gasteiger partial charge < -0.3 is 8.94 Å². The molecule has 0 amide bonds. The highest BCUT2D eigenvalue weighted by atomic mass is 79.9. The van der Waals surface area contributed by atoms with Crippen LogP contribution in [0.15, 0.2) is 37.8 Å². The molecule has 0 radical (unpaired) electrons. The van der Waals surface area contributed by atoms with E-state index in [1.165, 1.54) is 24.0 Å². The summed E-state index contributed by atoms with van der Waals surface area (Å²) in [5.41, 5.74) is 2.38. The third-order valence-corrected chi connectivity index (χ3v) is 4.49. The number of hydrogen-bond acceptors (Lipinski definition) is 5. The minimum atomic E-state index is 0.515. The number of halogens is 1. The normalized spacial score (nSPS) is 14.3. The number of nitrogens with zero attached hydrogens (tertiary/aromatic N) is 3. The Hall–Kier alpha value is -1.95. The first kappa shape index (κ1) is 14.6. The van der Waals surface area contributed by atoms with Gasteiger partial charge in [-0.1, -0.05) is 27.2 Å². The van der Waals surface area contributed by atoms with Gasteiger partial charge in [-0.15, -0.1) is 0 Å². The first-order valence-corrected chi connectivity index (χ1v) is 8.48. The van der Waals surface area contributed by atoms with Gasteiger partial charge in [0.05, 0.1) is 19.0 Å². The van der Waals surface area contributed by atoms with Crippen molar-refractivity contribution < 1.29 is 8.94 Å². The summed E-state index contributed by atoms with van der Waals surface area (Å²) in [7, 11) is 0. The predicted octanol–water partition coefficient (Wildman–Crippen LogP) is 4.19. The van der Waals surface area contributed by atoms with Crippen LogP contribution in [0.3, 0.4) is 0 Å². The summed E-state index contributed by atoms with van der Waals surface area (Å²) in [6.45, 7) is 2.08. The maximum Gasteiger partial charge on any atom is 0.231 e. The lowest BCUT2D eigenvalue weighted by Gasteiger charge is -2.02.